The van der Waals surface area contributed by atoms with Gasteiger partial charge in [0.25, 0.3) is 0 Å². The largest absolute Gasteiger partial charge is 0.298 e. The zero-order chi connectivity index (χ0) is 8.43. The molecular formula is C6H10ClN3O. The molecule has 0 aliphatic heterocycles. The molecule has 4 nitrogen and oxygen atoms in total. The maximum absolute atomic E-state index is 5.87. The molecule has 1 aromatic heterocycles. The molecule has 0 atom stereocenters. The predicted molar refractivity (Wildman–Crippen MR) is 41.9 cm³/mol. The van der Waals surface area contributed by atoms with Crippen molar-refractivity contribution in [1.29, 1.82) is 0 Å². The summed E-state index contributed by atoms with van der Waals surface area (Å²) in [6, 6.07) is 0. The van der Waals surface area contributed by atoms with Crippen LogP contribution in [0.3, 0.4) is 0 Å². The number of aromatic nitrogens is 2. The van der Waals surface area contributed by atoms with Crippen LogP contribution in [0.1, 0.15) is 11.4 Å². The van der Waals surface area contributed by atoms with Crippen molar-refractivity contribution >= 4 is 11.6 Å². The third kappa shape index (κ3) is 1.53. The average molecular weight is 176 g/mol. The molecule has 0 aromatic carbocycles. The lowest BCUT2D eigenvalue weighted by molar-refractivity contribution is 0.118. The molecule has 1 heterocycles. The number of hydrogen-bond donors (Lipinski definition) is 1. The molecule has 0 amide bonds. The summed E-state index contributed by atoms with van der Waals surface area (Å²) in [6.07, 6.45) is 0. The van der Waals surface area contributed by atoms with E-state index >= 15 is 0 Å². The van der Waals surface area contributed by atoms with E-state index in [9.17, 15) is 0 Å². The van der Waals surface area contributed by atoms with Gasteiger partial charge in [0.15, 0.2) is 0 Å². The highest BCUT2D eigenvalue weighted by Gasteiger charge is 2.09. The van der Waals surface area contributed by atoms with Gasteiger partial charge >= 0.3 is 0 Å². The van der Waals surface area contributed by atoms with Crippen molar-refractivity contribution in [3.8, 4) is 0 Å². The van der Waals surface area contributed by atoms with Crippen LogP contribution in [-0.2, 0) is 18.5 Å². The monoisotopic (exact) mass is 175 g/mol. The van der Waals surface area contributed by atoms with Gasteiger partial charge in [-0.3, -0.25) is 9.52 Å². The van der Waals surface area contributed by atoms with E-state index in [4.69, 9.17) is 17.5 Å². The molecule has 0 bridgehead atoms. The number of halogens is 1. The first-order chi connectivity index (χ1) is 5.16. The molecule has 5 heteroatoms. The van der Waals surface area contributed by atoms with Gasteiger partial charge in [0.1, 0.15) is 6.61 Å². The molecule has 11 heavy (non-hydrogen) atoms. The lowest BCUT2D eigenvalue weighted by Gasteiger charge is -1.98. The highest BCUT2D eigenvalue weighted by atomic mass is 35.5. The summed E-state index contributed by atoms with van der Waals surface area (Å²) < 4.78 is 1.66. The van der Waals surface area contributed by atoms with E-state index in [2.05, 4.69) is 9.94 Å². The van der Waals surface area contributed by atoms with Crippen molar-refractivity contribution in [1.82, 2.24) is 9.78 Å². The Hall–Kier alpha value is -0.580. The van der Waals surface area contributed by atoms with Crippen LogP contribution >= 0.6 is 11.6 Å². The third-order valence-corrected chi connectivity index (χ3v) is 1.97. The summed E-state index contributed by atoms with van der Waals surface area (Å²) in [5.74, 6) is 4.91. The Labute approximate surface area is 69.8 Å². The minimum Gasteiger partial charge on any atom is -0.298 e. The van der Waals surface area contributed by atoms with Gasteiger partial charge in [-0.25, -0.2) is 5.90 Å². The highest BCUT2D eigenvalue weighted by Crippen LogP contribution is 2.19. The first-order valence-corrected chi connectivity index (χ1v) is 3.54. The Kier molecular flexibility index (Phi) is 2.49. The average Bonchev–Trinajstić information content (AvgIpc) is 2.17. The van der Waals surface area contributed by atoms with Gasteiger partial charge < -0.3 is 0 Å². The Morgan fingerprint density at radius 3 is 2.73 bits per heavy atom. The van der Waals surface area contributed by atoms with Gasteiger partial charge in [-0.1, -0.05) is 11.6 Å². The first-order valence-electron chi connectivity index (χ1n) is 3.16. The van der Waals surface area contributed by atoms with Gasteiger partial charge in [-0.2, -0.15) is 5.10 Å². The zero-order valence-electron chi connectivity index (χ0n) is 6.47. The van der Waals surface area contributed by atoms with E-state index in [1.54, 1.807) is 11.7 Å². The van der Waals surface area contributed by atoms with E-state index in [0.29, 0.717) is 5.02 Å². The Morgan fingerprint density at radius 2 is 2.36 bits per heavy atom. The minimum absolute atomic E-state index is 0.288. The number of nitrogens with two attached hydrogens (primary N) is 1. The Bertz CT molecular complexity index is 259. The van der Waals surface area contributed by atoms with Crippen LogP contribution in [-0.4, -0.2) is 9.78 Å². The molecule has 0 saturated carbocycles. The van der Waals surface area contributed by atoms with Gasteiger partial charge in [0, 0.05) is 7.05 Å². The fourth-order valence-corrected chi connectivity index (χ4v) is 1.13. The van der Waals surface area contributed by atoms with Gasteiger partial charge in [0.2, 0.25) is 0 Å². The fraction of sp³-hybridized carbons (Fsp3) is 0.500. The van der Waals surface area contributed by atoms with Crippen LogP contribution in [0.4, 0.5) is 0 Å². The molecule has 0 unspecified atom stereocenters. The molecule has 1 aromatic rings. The molecule has 0 fully saturated rings. The fourth-order valence-electron chi connectivity index (χ4n) is 0.916. The maximum Gasteiger partial charge on any atom is 0.111 e. The predicted octanol–water partition coefficient (Wildman–Crippen LogP) is 0.772. The van der Waals surface area contributed by atoms with Gasteiger partial charge in [-0.15, -0.1) is 0 Å². The molecule has 0 aliphatic carbocycles. The quantitative estimate of drug-likeness (QED) is 0.676. The van der Waals surface area contributed by atoms with E-state index in [-0.39, 0.29) is 6.61 Å². The van der Waals surface area contributed by atoms with Crippen LogP contribution in [0.2, 0.25) is 5.02 Å². The van der Waals surface area contributed by atoms with Gasteiger partial charge in [-0.05, 0) is 6.92 Å². The van der Waals surface area contributed by atoms with E-state index < -0.39 is 0 Å². The van der Waals surface area contributed by atoms with E-state index in [1.165, 1.54) is 0 Å². The molecule has 0 aliphatic rings. The molecule has 2 N–H and O–H groups in total. The molecule has 0 spiro atoms. The Morgan fingerprint density at radius 1 is 1.73 bits per heavy atom. The van der Waals surface area contributed by atoms with Crippen LogP contribution in [0.5, 0.6) is 0 Å². The van der Waals surface area contributed by atoms with Crippen molar-refractivity contribution < 1.29 is 4.84 Å². The van der Waals surface area contributed by atoms with Crippen molar-refractivity contribution in [2.24, 2.45) is 12.9 Å². The molecular weight excluding hydrogens is 166 g/mol. The normalized spacial score (nSPS) is 10.5. The minimum atomic E-state index is 0.288. The van der Waals surface area contributed by atoms with Crippen molar-refractivity contribution in [3.63, 3.8) is 0 Å². The maximum atomic E-state index is 5.87. The van der Waals surface area contributed by atoms with E-state index in [0.717, 1.165) is 11.4 Å². The second kappa shape index (κ2) is 3.21. The second-order valence-corrected chi connectivity index (χ2v) is 2.66. The molecule has 62 valence electrons. The zero-order valence-corrected chi connectivity index (χ0v) is 7.22. The summed E-state index contributed by atoms with van der Waals surface area (Å²) in [5, 5.41) is 4.70. The van der Waals surface area contributed by atoms with Gasteiger partial charge in [0.05, 0.1) is 16.4 Å². The number of aryl methyl sites for hydroxylation is 2. The van der Waals surface area contributed by atoms with Crippen LogP contribution in [0, 0.1) is 6.92 Å². The molecule has 0 radical (unpaired) electrons. The molecule has 0 saturated heterocycles. The summed E-state index contributed by atoms with van der Waals surface area (Å²) >= 11 is 5.87. The van der Waals surface area contributed by atoms with Crippen LogP contribution < -0.4 is 5.90 Å². The summed E-state index contributed by atoms with van der Waals surface area (Å²) in [4.78, 5) is 4.46. The highest BCUT2D eigenvalue weighted by molar-refractivity contribution is 6.31. The van der Waals surface area contributed by atoms with Crippen molar-refractivity contribution in [2.45, 2.75) is 13.5 Å². The van der Waals surface area contributed by atoms with Crippen molar-refractivity contribution in [2.75, 3.05) is 0 Å². The number of hydrogen-bond acceptors (Lipinski definition) is 3. The number of nitrogens with zero attached hydrogens (tertiary/aromatic N) is 2. The SMILES string of the molecule is Cc1nn(C)c(CON)c1Cl. The first kappa shape index (κ1) is 8.52. The number of rotatable bonds is 2. The van der Waals surface area contributed by atoms with Crippen LogP contribution in [0.25, 0.3) is 0 Å². The lowest BCUT2D eigenvalue weighted by Crippen LogP contribution is -2.04. The standard InChI is InChI=1S/C6H10ClN3O/c1-4-6(7)5(3-11-8)10(2)9-4/h3,8H2,1-2H3. The molecule has 1 rings (SSSR count). The summed E-state index contributed by atoms with van der Waals surface area (Å²) in [7, 11) is 1.80. The van der Waals surface area contributed by atoms with Crippen LogP contribution in [0.15, 0.2) is 0 Å². The second-order valence-electron chi connectivity index (χ2n) is 2.28. The summed E-state index contributed by atoms with van der Waals surface area (Å²) in [5.41, 5.74) is 1.59. The lowest BCUT2D eigenvalue weighted by atomic mass is 10.4. The Balaban J connectivity index is 3.02. The topological polar surface area (TPSA) is 53.1 Å². The summed E-state index contributed by atoms with van der Waals surface area (Å²) in [6.45, 7) is 2.12. The smallest absolute Gasteiger partial charge is 0.111 e. The van der Waals surface area contributed by atoms with Crippen molar-refractivity contribution in [3.05, 3.63) is 16.4 Å². The van der Waals surface area contributed by atoms with E-state index in [1.807, 2.05) is 6.92 Å². The third-order valence-electron chi connectivity index (χ3n) is 1.48.